The van der Waals surface area contributed by atoms with Crippen molar-refractivity contribution < 1.29 is 9.85 Å². The molecule has 0 unspecified atom stereocenters. The van der Waals surface area contributed by atoms with E-state index in [9.17, 15) is 20.2 Å². The van der Waals surface area contributed by atoms with Crippen LogP contribution in [0.1, 0.15) is 11.1 Å². The molecule has 0 bridgehead atoms. The fourth-order valence-corrected chi connectivity index (χ4v) is 2.47. The van der Waals surface area contributed by atoms with Crippen molar-refractivity contribution in [3.63, 3.8) is 0 Å². The molecule has 0 radical (unpaired) electrons. The van der Waals surface area contributed by atoms with Crippen molar-refractivity contribution in [1.29, 1.82) is 0 Å². The molecule has 0 aliphatic heterocycles. The molecule has 1 aromatic heterocycles. The molecule has 9 nitrogen and oxygen atoms in total. The largest absolute Gasteiger partial charge is 0.380 e. The molecule has 0 amide bonds. The van der Waals surface area contributed by atoms with E-state index in [0.717, 1.165) is 16.8 Å². The minimum Gasteiger partial charge on any atom is -0.380 e. The van der Waals surface area contributed by atoms with Gasteiger partial charge < -0.3 is 10.6 Å². The summed E-state index contributed by atoms with van der Waals surface area (Å²) in [4.78, 5) is 24.8. The van der Waals surface area contributed by atoms with Crippen LogP contribution < -0.4 is 10.6 Å². The quantitative estimate of drug-likeness (QED) is 0.445. The van der Waals surface area contributed by atoms with Crippen LogP contribution in [0.15, 0.2) is 66.9 Å². The normalized spacial score (nSPS) is 10.3. The maximum atomic E-state index is 10.7. The first kappa shape index (κ1) is 18.8. The Hall–Kier alpha value is -4.01. The van der Waals surface area contributed by atoms with Crippen LogP contribution in [-0.4, -0.2) is 14.8 Å². The summed E-state index contributed by atoms with van der Waals surface area (Å²) in [7, 11) is 0. The summed E-state index contributed by atoms with van der Waals surface area (Å²) in [6, 6.07) is 16.4. The van der Waals surface area contributed by atoms with E-state index in [1.54, 1.807) is 30.5 Å². The Kier molecular flexibility index (Phi) is 5.75. The van der Waals surface area contributed by atoms with Crippen molar-refractivity contribution in [3.05, 3.63) is 98.2 Å². The second-order valence-electron chi connectivity index (χ2n) is 5.99. The van der Waals surface area contributed by atoms with Crippen molar-refractivity contribution in [2.45, 2.75) is 13.1 Å². The van der Waals surface area contributed by atoms with Gasteiger partial charge in [0.15, 0.2) is 0 Å². The molecule has 0 saturated carbocycles. The zero-order valence-corrected chi connectivity index (χ0v) is 14.7. The van der Waals surface area contributed by atoms with Gasteiger partial charge in [-0.2, -0.15) is 0 Å². The van der Waals surface area contributed by atoms with Crippen LogP contribution in [0.2, 0.25) is 0 Å². The van der Waals surface area contributed by atoms with Crippen LogP contribution in [-0.2, 0) is 13.1 Å². The Morgan fingerprint density at radius 2 is 1.21 bits per heavy atom. The lowest BCUT2D eigenvalue weighted by atomic mass is 10.2. The number of pyridine rings is 1. The SMILES string of the molecule is O=[N+]([O-])c1ccc(CNc2ccc(NCc3ccc([N+](=O)[O-])cc3)nc2)cc1. The molecule has 0 aliphatic rings. The topological polar surface area (TPSA) is 123 Å². The molecule has 1 heterocycles. The molecule has 2 aromatic carbocycles. The van der Waals surface area contributed by atoms with Gasteiger partial charge in [0.2, 0.25) is 0 Å². The number of nitro benzene ring substituents is 2. The number of nitro groups is 2. The van der Waals surface area contributed by atoms with Crippen molar-refractivity contribution in [1.82, 2.24) is 4.98 Å². The third-order valence-corrected chi connectivity index (χ3v) is 4.03. The highest BCUT2D eigenvalue weighted by Gasteiger charge is 2.05. The molecule has 0 saturated heterocycles. The van der Waals surface area contributed by atoms with E-state index in [4.69, 9.17) is 0 Å². The van der Waals surface area contributed by atoms with Crippen LogP contribution in [0.25, 0.3) is 0 Å². The number of nitrogens with one attached hydrogen (secondary N) is 2. The van der Waals surface area contributed by atoms with Gasteiger partial charge in [-0.15, -0.1) is 0 Å². The number of hydrogen-bond acceptors (Lipinski definition) is 7. The van der Waals surface area contributed by atoms with Crippen LogP contribution in [0.3, 0.4) is 0 Å². The lowest BCUT2D eigenvalue weighted by Crippen LogP contribution is -2.03. The first-order chi connectivity index (χ1) is 13.5. The van der Waals surface area contributed by atoms with Crippen molar-refractivity contribution in [2.24, 2.45) is 0 Å². The number of hydrogen-bond donors (Lipinski definition) is 2. The number of nitrogens with zero attached hydrogens (tertiary/aromatic N) is 3. The molecular formula is C19H17N5O4. The number of benzene rings is 2. The Morgan fingerprint density at radius 3 is 1.64 bits per heavy atom. The summed E-state index contributed by atoms with van der Waals surface area (Å²) in [6.45, 7) is 1.02. The lowest BCUT2D eigenvalue weighted by Gasteiger charge is -2.09. The van der Waals surface area contributed by atoms with E-state index >= 15 is 0 Å². The molecule has 0 fully saturated rings. The minimum atomic E-state index is -0.429. The van der Waals surface area contributed by atoms with Gasteiger partial charge in [-0.05, 0) is 23.3 Å². The molecule has 3 rings (SSSR count). The maximum Gasteiger partial charge on any atom is 0.269 e. The van der Waals surface area contributed by atoms with E-state index in [2.05, 4.69) is 15.6 Å². The van der Waals surface area contributed by atoms with Gasteiger partial charge in [-0.25, -0.2) is 4.98 Å². The van der Waals surface area contributed by atoms with Crippen molar-refractivity contribution in [3.8, 4) is 0 Å². The molecule has 0 atom stereocenters. The van der Waals surface area contributed by atoms with Crippen molar-refractivity contribution >= 4 is 22.9 Å². The third-order valence-electron chi connectivity index (χ3n) is 4.03. The number of aromatic nitrogens is 1. The monoisotopic (exact) mass is 379 g/mol. The van der Waals surface area contributed by atoms with Gasteiger partial charge in [0.05, 0.1) is 21.7 Å². The van der Waals surface area contributed by atoms with Crippen LogP contribution in [0, 0.1) is 20.2 Å². The summed E-state index contributed by atoms with van der Waals surface area (Å²) in [5, 5.41) is 27.7. The zero-order chi connectivity index (χ0) is 19.9. The highest BCUT2D eigenvalue weighted by atomic mass is 16.6. The van der Waals surface area contributed by atoms with Gasteiger partial charge in [-0.1, -0.05) is 24.3 Å². The highest BCUT2D eigenvalue weighted by Crippen LogP contribution is 2.16. The molecule has 0 aliphatic carbocycles. The predicted molar refractivity (Wildman–Crippen MR) is 105 cm³/mol. The molecule has 142 valence electrons. The first-order valence-electron chi connectivity index (χ1n) is 8.42. The van der Waals surface area contributed by atoms with Gasteiger partial charge in [0, 0.05) is 37.4 Å². The van der Waals surface area contributed by atoms with Crippen LogP contribution >= 0.6 is 0 Å². The molecule has 3 aromatic rings. The molecule has 2 N–H and O–H groups in total. The summed E-state index contributed by atoms with van der Waals surface area (Å²) < 4.78 is 0. The molecular weight excluding hydrogens is 362 g/mol. The van der Waals surface area contributed by atoms with E-state index in [0.29, 0.717) is 18.9 Å². The van der Waals surface area contributed by atoms with Crippen LogP contribution in [0.4, 0.5) is 22.9 Å². The van der Waals surface area contributed by atoms with Crippen molar-refractivity contribution in [2.75, 3.05) is 10.6 Å². The highest BCUT2D eigenvalue weighted by molar-refractivity contribution is 5.48. The van der Waals surface area contributed by atoms with Crippen LogP contribution in [0.5, 0.6) is 0 Å². The first-order valence-corrected chi connectivity index (χ1v) is 8.42. The average Bonchev–Trinajstić information content (AvgIpc) is 2.72. The second-order valence-corrected chi connectivity index (χ2v) is 5.99. The van der Waals surface area contributed by atoms with E-state index in [1.165, 1.54) is 24.3 Å². The Bertz CT molecular complexity index is 877. The van der Waals surface area contributed by atoms with E-state index in [1.807, 2.05) is 12.1 Å². The summed E-state index contributed by atoms with van der Waals surface area (Å²) >= 11 is 0. The number of rotatable bonds is 8. The molecule has 0 spiro atoms. The fraction of sp³-hybridized carbons (Fsp3) is 0.105. The Morgan fingerprint density at radius 1 is 0.714 bits per heavy atom. The smallest absolute Gasteiger partial charge is 0.269 e. The zero-order valence-electron chi connectivity index (χ0n) is 14.7. The third kappa shape index (κ3) is 5.01. The lowest BCUT2D eigenvalue weighted by molar-refractivity contribution is -0.385. The van der Waals surface area contributed by atoms with E-state index in [-0.39, 0.29) is 11.4 Å². The predicted octanol–water partition coefficient (Wildman–Crippen LogP) is 4.12. The average molecular weight is 379 g/mol. The second kappa shape index (κ2) is 8.58. The summed E-state index contributed by atoms with van der Waals surface area (Å²) in [5.41, 5.74) is 2.78. The standard InChI is InChI=1S/C19H17N5O4/c25-23(26)17-6-1-14(2-7-17)11-20-16-5-10-19(22-13-16)21-12-15-3-8-18(9-4-15)24(27)28/h1-10,13,20H,11-12H2,(H,21,22). The Labute approximate surface area is 160 Å². The van der Waals surface area contributed by atoms with Gasteiger partial charge in [-0.3, -0.25) is 20.2 Å². The van der Waals surface area contributed by atoms with Gasteiger partial charge in [0.25, 0.3) is 11.4 Å². The fourth-order valence-electron chi connectivity index (χ4n) is 2.47. The number of anilines is 2. The molecule has 28 heavy (non-hydrogen) atoms. The Balaban J connectivity index is 1.50. The van der Waals surface area contributed by atoms with Gasteiger partial charge >= 0.3 is 0 Å². The van der Waals surface area contributed by atoms with E-state index < -0.39 is 9.85 Å². The summed E-state index contributed by atoms with van der Waals surface area (Å²) in [6.07, 6.45) is 1.68. The molecule has 9 heteroatoms. The number of non-ortho nitro benzene ring substituents is 2. The van der Waals surface area contributed by atoms with Gasteiger partial charge in [0.1, 0.15) is 5.82 Å². The maximum absolute atomic E-state index is 10.7. The minimum absolute atomic E-state index is 0.0605. The summed E-state index contributed by atoms with van der Waals surface area (Å²) in [5.74, 6) is 0.680.